The Hall–Kier alpha value is -4.36. The van der Waals surface area contributed by atoms with Crippen LogP contribution in [0.25, 0.3) is 61.0 Å². The molecule has 1 nitrogen and oxygen atoms in total. The molecule has 0 saturated heterocycles. The Kier molecular flexibility index (Phi) is 6.00. The van der Waals surface area contributed by atoms with E-state index in [0.717, 1.165) is 21.9 Å². The number of rotatable bonds is 3. The van der Waals surface area contributed by atoms with Crippen molar-refractivity contribution in [3.63, 3.8) is 0 Å². The standard InChI is InChI=1S/C37H32O/c1-6-7-15-28-29-16-10-17-30-31(36-25(4)13-9-14-26(36)5)19-21-34(37(29)30)38-33-20-18-27(22-32(28)33)35-23(2)11-8-12-24(35)3/h6-22H,1-5H3/b7-6-,28-15-. The van der Waals surface area contributed by atoms with Crippen molar-refractivity contribution in [2.45, 2.75) is 34.6 Å². The summed E-state index contributed by atoms with van der Waals surface area (Å²) in [4.78, 5) is 0. The maximum atomic E-state index is 6.72. The smallest absolute Gasteiger partial charge is 0.135 e. The zero-order valence-corrected chi connectivity index (χ0v) is 22.7. The van der Waals surface area contributed by atoms with E-state index in [0.29, 0.717) is 0 Å². The van der Waals surface area contributed by atoms with Crippen LogP contribution >= 0.6 is 0 Å². The van der Waals surface area contributed by atoms with E-state index in [9.17, 15) is 0 Å². The quantitative estimate of drug-likeness (QED) is 0.239. The Balaban J connectivity index is 1.79. The van der Waals surface area contributed by atoms with Gasteiger partial charge in [-0.2, -0.15) is 0 Å². The molecule has 0 aliphatic carbocycles. The lowest BCUT2D eigenvalue weighted by atomic mass is 9.90. The van der Waals surface area contributed by atoms with Gasteiger partial charge >= 0.3 is 0 Å². The van der Waals surface area contributed by atoms with E-state index >= 15 is 0 Å². The fraction of sp³-hybridized carbons (Fsp3) is 0.135. The molecule has 0 amide bonds. The van der Waals surface area contributed by atoms with Gasteiger partial charge in [-0.3, -0.25) is 0 Å². The highest BCUT2D eigenvalue weighted by atomic mass is 16.3. The molecule has 0 N–H and O–H groups in total. The lowest BCUT2D eigenvalue weighted by Gasteiger charge is -2.13. The van der Waals surface area contributed by atoms with Gasteiger partial charge < -0.3 is 4.42 Å². The summed E-state index contributed by atoms with van der Waals surface area (Å²) >= 11 is 0. The van der Waals surface area contributed by atoms with Gasteiger partial charge in [0.05, 0.1) is 0 Å². The Morgan fingerprint density at radius 1 is 0.579 bits per heavy atom. The maximum absolute atomic E-state index is 6.72. The third-order valence-corrected chi connectivity index (χ3v) is 7.76. The van der Waals surface area contributed by atoms with E-state index < -0.39 is 0 Å². The summed E-state index contributed by atoms with van der Waals surface area (Å²) in [6.07, 6.45) is 6.44. The molecule has 1 aromatic heterocycles. The summed E-state index contributed by atoms with van der Waals surface area (Å²) in [5, 5.41) is 5.86. The van der Waals surface area contributed by atoms with Gasteiger partial charge in [0.2, 0.25) is 0 Å². The van der Waals surface area contributed by atoms with Crippen LogP contribution in [0, 0.1) is 27.7 Å². The summed E-state index contributed by atoms with van der Waals surface area (Å²) in [7, 11) is 0. The van der Waals surface area contributed by atoms with E-state index in [4.69, 9.17) is 4.42 Å². The largest absolute Gasteiger partial charge is 0.456 e. The molecule has 0 radical (unpaired) electrons. The van der Waals surface area contributed by atoms with Gasteiger partial charge in [-0.1, -0.05) is 85.0 Å². The molecule has 186 valence electrons. The zero-order chi connectivity index (χ0) is 26.4. The molecule has 0 fully saturated rings. The number of aryl methyl sites for hydroxylation is 4. The first-order chi connectivity index (χ1) is 18.5. The van der Waals surface area contributed by atoms with Crippen LogP contribution in [0.1, 0.15) is 29.2 Å². The van der Waals surface area contributed by atoms with Crippen molar-refractivity contribution in [2.75, 3.05) is 0 Å². The first-order valence-electron chi connectivity index (χ1n) is 13.3. The van der Waals surface area contributed by atoms with Crippen molar-refractivity contribution in [3.05, 3.63) is 125 Å². The number of fused-ring (bicyclic) bond motifs is 1. The van der Waals surface area contributed by atoms with E-state index in [1.165, 1.54) is 60.5 Å². The molecule has 0 aliphatic heterocycles. The van der Waals surface area contributed by atoms with Gasteiger partial charge in [-0.15, -0.1) is 0 Å². The van der Waals surface area contributed by atoms with E-state index in [2.05, 4.69) is 138 Å². The maximum Gasteiger partial charge on any atom is 0.135 e. The number of hydrogen-bond acceptors (Lipinski definition) is 1. The molecule has 6 rings (SSSR count). The topological polar surface area (TPSA) is 13.1 Å². The highest BCUT2D eigenvalue weighted by molar-refractivity contribution is 6.15. The fourth-order valence-electron chi connectivity index (χ4n) is 6.03. The van der Waals surface area contributed by atoms with Crippen LogP contribution in [-0.2, 0) is 0 Å². The number of hydrogen-bond donors (Lipinski definition) is 0. The van der Waals surface area contributed by atoms with Crippen molar-refractivity contribution in [2.24, 2.45) is 0 Å². The van der Waals surface area contributed by atoms with Crippen LogP contribution in [-0.4, -0.2) is 0 Å². The van der Waals surface area contributed by atoms with E-state index in [1.54, 1.807) is 0 Å². The van der Waals surface area contributed by atoms with Gasteiger partial charge in [0.15, 0.2) is 0 Å². The van der Waals surface area contributed by atoms with Gasteiger partial charge in [-0.05, 0) is 113 Å². The molecule has 38 heavy (non-hydrogen) atoms. The van der Waals surface area contributed by atoms with Crippen LogP contribution in [0.4, 0.5) is 0 Å². The van der Waals surface area contributed by atoms with Gasteiger partial charge in [-0.25, -0.2) is 0 Å². The molecule has 0 bridgehead atoms. The third kappa shape index (κ3) is 3.87. The highest BCUT2D eigenvalue weighted by Gasteiger charge is 2.15. The van der Waals surface area contributed by atoms with Crippen molar-refractivity contribution in [1.82, 2.24) is 0 Å². The Morgan fingerprint density at radius 3 is 1.87 bits per heavy atom. The third-order valence-electron chi connectivity index (χ3n) is 7.76. The van der Waals surface area contributed by atoms with Crippen molar-refractivity contribution < 1.29 is 4.42 Å². The predicted molar refractivity (Wildman–Crippen MR) is 164 cm³/mol. The molecule has 1 heterocycles. The number of allylic oxidation sites excluding steroid dienone is 2. The van der Waals surface area contributed by atoms with Gasteiger partial charge in [0.25, 0.3) is 0 Å². The molecule has 0 spiro atoms. The van der Waals surface area contributed by atoms with Crippen molar-refractivity contribution in [1.29, 1.82) is 0 Å². The Bertz CT molecular complexity index is 1920. The van der Waals surface area contributed by atoms with Gasteiger partial charge in [0.1, 0.15) is 11.2 Å². The van der Waals surface area contributed by atoms with Crippen LogP contribution in [0.2, 0.25) is 0 Å². The Labute approximate surface area is 224 Å². The molecular weight excluding hydrogens is 460 g/mol. The van der Waals surface area contributed by atoms with Crippen LogP contribution < -0.4 is 5.22 Å². The van der Waals surface area contributed by atoms with Crippen LogP contribution in [0.5, 0.6) is 0 Å². The monoisotopic (exact) mass is 492 g/mol. The van der Waals surface area contributed by atoms with Crippen molar-refractivity contribution in [3.8, 4) is 22.3 Å². The molecule has 0 aliphatic rings. The Morgan fingerprint density at radius 2 is 1.18 bits per heavy atom. The summed E-state index contributed by atoms with van der Waals surface area (Å²) in [6, 6.07) is 30.7. The fourth-order valence-corrected chi connectivity index (χ4v) is 6.03. The molecular formula is C37H32O. The minimum Gasteiger partial charge on any atom is -0.456 e. The van der Waals surface area contributed by atoms with Gasteiger partial charge in [0, 0.05) is 10.8 Å². The minimum atomic E-state index is 0.882. The summed E-state index contributed by atoms with van der Waals surface area (Å²) < 4.78 is 6.72. The molecule has 6 aromatic rings. The second-order valence-corrected chi connectivity index (χ2v) is 10.3. The average molecular weight is 493 g/mol. The highest BCUT2D eigenvalue weighted by Crippen LogP contribution is 2.38. The lowest BCUT2D eigenvalue weighted by molar-refractivity contribution is 0.663. The molecule has 0 unspecified atom stereocenters. The van der Waals surface area contributed by atoms with Crippen LogP contribution in [0.3, 0.4) is 0 Å². The summed E-state index contributed by atoms with van der Waals surface area (Å²) in [5.41, 5.74) is 12.0. The van der Waals surface area contributed by atoms with Crippen LogP contribution in [0.15, 0.2) is 101 Å². The molecule has 0 atom stereocenters. The average Bonchev–Trinajstić information content (AvgIpc) is 3.03. The van der Waals surface area contributed by atoms with E-state index in [1.807, 2.05) is 0 Å². The first kappa shape index (κ1) is 24.0. The minimum absolute atomic E-state index is 0.882. The van der Waals surface area contributed by atoms with Crippen molar-refractivity contribution >= 4 is 38.8 Å². The zero-order valence-electron chi connectivity index (χ0n) is 22.7. The predicted octanol–water partition coefficient (Wildman–Crippen LogP) is 9.94. The molecule has 5 aromatic carbocycles. The second-order valence-electron chi connectivity index (χ2n) is 10.3. The molecule has 0 saturated carbocycles. The SMILES string of the molecule is C/C=C\C=c1/c2cc(-c3c(C)cccc3C)ccc2oc2ccc(-c3c(C)cccc3C)c3cccc1c23. The first-order valence-corrected chi connectivity index (χ1v) is 13.3. The summed E-state index contributed by atoms with van der Waals surface area (Å²) in [5.74, 6) is 0. The lowest BCUT2D eigenvalue weighted by Crippen LogP contribution is -2.02. The number of benzene rings is 5. The second kappa shape index (κ2) is 9.50. The van der Waals surface area contributed by atoms with E-state index in [-0.39, 0.29) is 0 Å². The molecule has 1 heteroatoms. The summed E-state index contributed by atoms with van der Waals surface area (Å²) in [6.45, 7) is 10.8. The normalized spacial score (nSPS) is 12.4.